The van der Waals surface area contributed by atoms with Crippen LogP contribution < -0.4 is 5.32 Å². The van der Waals surface area contributed by atoms with Crippen LogP contribution in [0.2, 0.25) is 0 Å². The van der Waals surface area contributed by atoms with Crippen LogP contribution in [0.5, 0.6) is 0 Å². The van der Waals surface area contributed by atoms with Crippen molar-refractivity contribution in [1.82, 2.24) is 5.32 Å². The molecular formula is C18H29NO2. The maximum Gasteiger partial charge on any atom is 0.0700 e. The number of aliphatic hydroxyl groups is 1. The highest BCUT2D eigenvalue weighted by molar-refractivity contribution is 5.31. The van der Waals surface area contributed by atoms with Gasteiger partial charge >= 0.3 is 0 Å². The van der Waals surface area contributed by atoms with Crippen molar-refractivity contribution in [2.45, 2.75) is 57.6 Å². The molecule has 0 aliphatic carbocycles. The summed E-state index contributed by atoms with van der Waals surface area (Å²) < 4.78 is 5.65. The second-order valence-corrected chi connectivity index (χ2v) is 7.33. The number of ether oxygens (including phenoxy) is 1. The highest BCUT2D eigenvalue weighted by Gasteiger charge is 2.28. The lowest BCUT2D eigenvalue weighted by molar-refractivity contribution is 0.0910. The van der Waals surface area contributed by atoms with E-state index in [1.54, 1.807) is 0 Å². The lowest BCUT2D eigenvalue weighted by Crippen LogP contribution is -2.46. The second-order valence-electron chi connectivity index (χ2n) is 7.33. The third-order valence-electron chi connectivity index (χ3n) is 4.45. The predicted molar refractivity (Wildman–Crippen MR) is 86.6 cm³/mol. The van der Waals surface area contributed by atoms with Gasteiger partial charge in [-0.25, -0.2) is 0 Å². The molecule has 1 heterocycles. The molecule has 2 rings (SSSR count). The first kappa shape index (κ1) is 16.5. The van der Waals surface area contributed by atoms with Crippen LogP contribution in [-0.2, 0) is 15.7 Å². The molecule has 21 heavy (non-hydrogen) atoms. The maximum absolute atomic E-state index is 9.84. The molecule has 0 saturated carbocycles. The van der Waals surface area contributed by atoms with Crippen LogP contribution in [0.4, 0.5) is 0 Å². The summed E-state index contributed by atoms with van der Waals surface area (Å²) in [6.45, 7) is 10.4. The van der Waals surface area contributed by atoms with Crippen LogP contribution >= 0.6 is 0 Å². The lowest BCUT2D eigenvalue weighted by Gasteiger charge is -2.31. The number of nitrogens with one attached hydrogen (secondary N) is 1. The quantitative estimate of drug-likeness (QED) is 0.876. The molecule has 1 saturated heterocycles. The Hall–Kier alpha value is -0.900. The van der Waals surface area contributed by atoms with Crippen molar-refractivity contribution in [3.05, 3.63) is 35.4 Å². The van der Waals surface area contributed by atoms with E-state index < -0.39 is 5.54 Å². The number of rotatable bonds is 5. The summed E-state index contributed by atoms with van der Waals surface area (Å²) in [7, 11) is 0. The minimum absolute atomic E-state index is 0.0780. The predicted octanol–water partition coefficient (Wildman–Crippen LogP) is 2.96. The Labute approximate surface area is 128 Å². The Kier molecular flexibility index (Phi) is 5.07. The van der Waals surface area contributed by atoms with E-state index in [1.165, 1.54) is 5.56 Å². The van der Waals surface area contributed by atoms with Gasteiger partial charge in [0.15, 0.2) is 0 Å². The van der Waals surface area contributed by atoms with Crippen LogP contribution in [-0.4, -0.2) is 31.0 Å². The summed E-state index contributed by atoms with van der Waals surface area (Å²) >= 11 is 0. The zero-order chi connectivity index (χ0) is 15.5. The van der Waals surface area contributed by atoms with Gasteiger partial charge in [-0.2, -0.15) is 0 Å². The average Bonchev–Trinajstić information content (AvgIpc) is 2.97. The minimum Gasteiger partial charge on any atom is -0.394 e. The van der Waals surface area contributed by atoms with Crippen LogP contribution in [0.3, 0.4) is 0 Å². The van der Waals surface area contributed by atoms with Gasteiger partial charge in [0.05, 0.1) is 18.2 Å². The number of hydrogen-bond donors (Lipinski definition) is 2. The zero-order valence-electron chi connectivity index (χ0n) is 13.8. The maximum atomic E-state index is 9.84. The first-order valence-electron chi connectivity index (χ1n) is 7.94. The molecule has 0 aromatic heterocycles. The molecule has 1 fully saturated rings. The summed E-state index contributed by atoms with van der Waals surface area (Å²) in [5, 5.41) is 13.3. The first-order chi connectivity index (χ1) is 9.85. The van der Waals surface area contributed by atoms with Crippen molar-refractivity contribution in [2.75, 3.05) is 19.8 Å². The summed E-state index contributed by atoms with van der Waals surface area (Å²) in [6.07, 6.45) is 2.53. The van der Waals surface area contributed by atoms with Gasteiger partial charge in [0, 0.05) is 13.2 Å². The van der Waals surface area contributed by atoms with Gasteiger partial charge in [-0.1, -0.05) is 45.0 Å². The van der Waals surface area contributed by atoms with E-state index in [0.29, 0.717) is 0 Å². The lowest BCUT2D eigenvalue weighted by atomic mass is 9.84. The molecule has 118 valence electrons. The Bertz CT molecular complexity index is 443. The van der Waals surface area contributed by atoms with Crippen molar-refractivity contribution in [1.29, 1.82) is 0 Å². The average molecular weight is 291 g/mol. The summed E-state index contributed by atoms with van der Waals surface area (Å²) in [5.74, 6) is 0. The number of benzene rings is 1. The number of hydrogen-bond acceptors (Lipinski definition) is 3. The monoisotopic (exact) mass is 291 g/mol. The second kappa shape index (κ2) is 6.47. The van der Waals surface area contributed by atoms with Gasteiger partial charge in [0.25, 0.3) is 0 Å². The van der Waals surface area contributed by atoms with Crippen LogP contribution in [0, 0.1) is 0 Å². The van der Waals surface area contributed by atoms with E-state index >= 15 is 0 Å². The van der Waals surface area contributed by atoms with Gasteiger partial charge in [-0.05, 0) is 36.3 Å². The molecule has 3 heteroatoms. The molecule has 1 aromatic carbocycles. The largest absolute Gasteiger partial charge is 0.394 e. The Morgan fingerprint density at radius 3 is 2.24 bits per heavy atom. The molecule has 0 radical (unpaired) electrons. The zero-order valence-corrected chi connectivity index (χ0v) is 13.8. The van der Waals surface area contributed by atoms with E-state index in [4.69, 9.17) is 4.74 Å². The molecule has 2 unspecified atom stereocenters. The van der Waals surface area contributed by atoms with Crippen LogP contribution in [0.1, 0.15) is 51.7 Å². The highest BCUT2D eigenvalue weighted by Crippen LogP contribution is 2.26. The standard InChI is InChI=1S/C18H29NO2/c1-17(2,3)14-7-9-15(10-8-14)18(4,13-20)19-12-16-6-5-11-21-16/h7-10,16,19-20H,5-6,11-13H2,1-4H3. The normalized spacial score (nSPS) is 22.2. The molecular weight excluding hydrogens is 262 g/mol. The Morgan fingerprint density at radius 1 is 1.14 bits per heavy atom. The van der Waals surface area contributed by atoms with Crippen molar-refractivity contribution < 1.29 is 9.84 Å². The van der Waals surface area contributed by atoms with E-state index in [1.807, 2.05) is 6.92 Å². The fourth-order valence-electron chi connectivity index (χ4n) is 2.73. The SMILES string of the molecule is CC(C)(C)c1ccc(C(C)(CO)NCC2CCCO2)cc1. The molecule has 1 aliphatic rings. The van der Waals surface area contributed by atoms with E-state index in [-0.39, 0.29) is 18.1 Å². The molecule has 2 atom stereocenters. The minimum atomic E-state index is -0.414. The van der Waals surface area contributed by atoms with Gasteiger partial charge in [-0.15, -0.1) is 0 Å². The summed E-state index contributed by atoms with van der Waals surface area (Å²) in [5.41, 5.74) is 2.17. The topological polar surface area (TPSA) is 41.5 Å². The van der Waals surface area contributed by atoms with E-state index in [0.717, 1.165) is 31.6 Å². The molecule has 0 amide bonds. The van der Waals surface area contributed by atoms with Crippen molar-refractivity contribution in [2.24, 2.45) is 0 Å². The van der Waals surface area contributed by atoms with Gasteiger partial charge in [-0.3, -0.25) is 0 Å². The number of aliphatic hydroxyl groups excluding tert-OH is 1. The third-order valence-corrected chi connectivity index (χ3v) is 4.45. The van der Waals surface area contributed by atoms with Gasteiger partial charge < -0.3 is 15.2 Å². The molecule has 1 aliphatic heterocycles. The van der Waals surface area contributed by atoms with Gasteiger partial charge in [0.2, 0.25) is 0 Å². The van der Waals surface area contributed by atoms with E-state index in [2.05, 4.69) is 50.4 Å². The fraction of sp³-hybridized carbons (Fsp3) is 0.667. The van der Waals surface area contributed by atoms with E-state index in [9.17, 15) is 5.11 Å². The molecule has 2 N–H and O–H groups in total. The molecule has 0 bridgehead atoms. The van der Waals surface area contributed by atoms with Crippen molar-refractivity contribution in [3.8, 4) is 0 Å². The third kappa shape index (κ3) is 4.06. The Balaban J connectivity index is 2.07. The molecule has 3 nitrogen and oxygen atoms in total. The van der Waals surface area contributed by atoms with Crippen molar-refractivity contribution in [3.63, 3.8) is 0 Å². The highest BCUT2D eigenvalue weighted by atomic mass is 16.5. The smallest absolute Gasteiger partial charge is 0.0700 e. The fourth-order valence-corrected chi connectivity index (χ4v) is 2.73. The first-order valence-corrected chi connectivity index (χ1v) is 7.94. The molecule has 0 spiro atoms. The van der Waals surface area contributed by atoms with Crippen LogP contribution in [0.15, 0.2) is 24.3 Å². The van der Waals surface area contributed by atoms with Crippen molar-refractivity contribution >= 4 is 0 Å². The molecule has 1 aromatic rings. The summed E-state index contributed by atoms with van der Waals surface area (Å²) in [6, 6.07) is 8.58. The summed E-state index contributed by atoms with van der Waals surface area (Å²) in [4.78, 5) is 0. The Morgan fingerprint density at radius 2 is 1.76 bits per heavy atom. The van der Waals surface area contributed by atoms with Gasteiger partial charge in [0.1, 0.15) is 0 Å². The van der Waals surface area contributed by atoms with Crippen LogP contribution in [0.25, 0.3) is 0 Å².